The number of ether oxygens (including phenoxy) is 6. The Hall–Kier alpha value is -1.01. The van der Waals surface area contributed by atoms with E-state index in [1.54, 1.807) is 0 Å². The summed E-state index contributed by atoms with van der Waals surface area (Å²) < 4.78 is 34.4. The van der Waals surface area contributed by atoms with Gasteiger partial charge in [-0.3, -0.25) is 4.79 Å². The van der Waals surface area contributed by atoms with Crippen LogP contribution in [0.4, 0.5) is 0 Å². The molecule has 59 heavy (non-hydrogen) atoms. The van der Waals surface area contributed by atoms with Crippen LogP contribution in [0.25, 0.3) is 0 Å². The van der Waals surface area contributed by atoms with E-state index >= 15 is 0 Å². The van der Waals surface area contributed by atoms with Crippen LogP contribution in [0.2, 0.25) is 0 Å². The number of hydrogen-bond acceptors (Lipinski definition) is 14. The molecular weight excluding hydrogens is 764 g/mol. The number of esters is 1. The van der Waals surface area contributed by atoms with Crippen LogP contribution in [-0.2, 0) is 33.2 Å². The highest BCUT2D eigenvalue weighted by Crippen LogP contribution is 2.30. The molecule has 2 aliphatic rings. The zero-order valence-corrected chi connectivity index (χ0v) is 36.8. The Morgan fingerprint density at radius 3 is 1.44 bits per heavy atom. The van der Waals surface area contributed by atoms with Gasteiger partial charge in [-0.05, 0) is 12.8 Å². The second-order valence-electron chi connectivity index (χ2n) is 16.9. The first-order valence-corrected chi connectivity index (χ1v) is 23.7. The lowest BCUT2D eigenvalue weighted by molar-refractivity contribution is -0.361. The summed E-state index contributed by atoms with van der Waals surface area (Å²) in [5.74, 6) is -0.382. The molecule has 2 aliphatic heterocycles. The van der Waals surface area contributed by atoms with Crippen molar-refractivity contribution in [2.45, 2.75) is 248 Å². The zero-order chi connectivity index (χ0) is 43.1. The predicted molar refractivity (Wildman–Crippen MR) is 224 cm³/mol. The van der Waals surface area contributed by atoms with Gasteiger partial charge in [0.2, 0.25) is 0 Å². The van der Waals surface area contributed by atoms with Crippen molar-refractivity contribution in [2.24, 2.45) is 0 Å². The number of carbonyl (C=O) groups is 1. The fraction of sp³-hybridized carbons (Fsp3) is 0.978. The second kappa shape index (κ2) is 34.5. The van der Waals surface area contributed by atoms with Crippen LogP contribution < -0.4 is 0 Å². The Labute approximate surface area is 355 Å². The third kappa shape index (κ3) is 22.8. The van der Waals surface area contributed by atoms with E-state index in [0.29, 0.717) is 13.0 Å². The molecule has 2 fully saturated rings. The molecule has 2 heterocycles. The molecule has 0 aromatic rings. The lowest BCUT2D eigenvalue weighted by Crippen LogP contribution is -2.65. The molecule has 11 atom stereocenters. The Kier molecular flexibility index (Phi) is 31.6. The summed E-state index contributed by atoms with van der Waals surface area (Å²) in [6.07, 6.45) is 14.0. The van der Waals surface area contributed by atoms with Crippen molar-refractivity contribution in [3.63, 3.8) is 0 Å². The first-order valence-electron chi connectivity index (χ1n) is 23.7. The Bertz CT molecular complexity index is 990. The van der Waals surface area contributed by atoms with Gasteiger partial charge < -0.3 is 64.2 Å². The molecule has 0 bridgehead atoms. The van der Waals surface area contributed by atoms with Crippen molar-refractivity contribution in [1.29, 1.82) is 0 Å². The Morgan fingerprint density at radius 1 is 0.508 bits per heavy atom. The van der Waals surface area contributed by atoms with Crippen molar-refractivity contribution in [2.75, 3.05) is 33.0 Å². The summed E-state index contributed by atoms with van der Waals surface area (Å²) in [5.41, 5.74) is 0. The van der Waals surface area contributed by atoms with Crippen LogP contribution >= 0.6 is 0 Å². The fourth-order valence-electron chi connectivity index (χ4n) is 7.80. The normalized spacial score (nSPS) is 27.9. The zero-order valence-electron chi connectivity index (χ0n) is 36.8. The van der Waals surface area contributed by atoms with Crippen LogP contribution in [0.1, 0.15) is 181 Å². The van der Waals surface area contributed by atoms with E-state index in [2.05, 4.69) is 13.8 Å². The predicted octanol–water partition coefficient (Wildman–Crippen LogP) is 5.74. The maximum atomic E-state index is 13.0. The number of hydrogen-bond donors (Lipinski definition) is 7. The topological polar surface area (TPSA) is 214 Å². The lowest BCUT2D eigenvalue weighted by atomic mass is 9.97. The van der Waals surface area contributed by atoms with E-state index < -0.39 is 80.7 Å². The largest absolute Gasteiger partial charge is 0.457 e. The number of carbonyl (C=O) groups excluding carboxylic acids is 1. The van der Waals surface area contributed by atoms with Gasteiger partial charge in [0.1, 0.15) is 54.9 Å². The standard InChI is InChI=1S/C45H86O14/c1-3-5-7-9-11-13-15-17-19-21-23-25-27-29-54-32-34(56-37(48)28-26-24-22-20-18-16-14-12-10-8-6-4-2)33-55-44-42(53)43(39(50)36(31-47)57-44)59-45-41(52)40(51)38(49)35(30-46)58-45/h34-36,38-47,49-53H,3-33H2,1-2H3. The van der Waals surface area contributed by atoms with Crippen molar-refractivity contribution < 1.29 is 69.0 Å². The molecule has 14 nitrogen and oxygen atoms in total. The average molecular weight is 851 g/mol. The molecule has 0 aliphatic carbocycles. The molecule has 0 radical (unpaired) electrons. The summed E-state index contributed by atoms with van der Waals surface area (Å²) in [5, 5.41) is 72.4. The minimum Gasteiger partial charge on any atom is -0.457 e. The maximum Gasteiger partial charge on any atom is 0.306 e. The molecule has 7 N–H and O–H groups in total. The molecule has 11 unspecified atom stereocenters. The third-order valence-electron chi connectivity index (χ3n) is 11.6. The van der Waals surface area contributed by atoms with E-state index in [0.717, 1.165) is 38.5 Å². The van der Waals surface area contributed by atoms with Crippen LogP contribution in [0.3, 0.4) is 0 Å². The van der Waals surface area contributed by atoms with E-state index in [1.807, 2.05) is 0 Å². The fourth-order valence-corrected chi connectivity index (χ4v) is 7.80. The molecular formula is C45H86O14. The van der Waals surface area contributed by atoms with E-state index in [9.17, 15) is 40.5 Å². The summed E-state index contributed by atoms with van der Waals surface area (Å²) in [6, 6.07) is 0. The second-order valence-corrected chi connectivity index (χ2v) is 16.9. The number of rotatable bonds is 37. The molecule has 350 valence electrons. The highest BCUT2D eigenvalue weighted by Gasteiger charge is 2.51. The van der Waals surface area contributed by atoms with Gasteiger partial charge in [0.15, 0.2) is 12.6 Å². The lowest BCUT2D eigenvalue weighted by Gasteiger charge is -2.46. The Morgan fingerprint density at radius 2 is 0.949 bits per heavy atom. The molecule has 2 saturated heterocycles. The summed E-state index contributed by atoms with van der Waals surface area (Å²) in [7, 11) is 0. The summed E-state index contributed by atoms with van der Waals surface area (Å²) in [4.78, 5) is 13.0. The minimum atomic E-state index is -1.79. The minimum absolute atomic E-state index is 0.0576. The molecule has 0 aromatic carbocycles. The quantitative estimate of drug-likeness (QED) is 0.0294. The van der Waals surface area contributed by atoms with Crippen LogP contribution in [-0.4, -0.2) is 142 Å². The first-order chi connectivity index (χ1) is 28.7. The van der Waals surface area contributed by atoms with Crippen molar-refractivity contribution in [3.05, 3.63) is 0 Å². The third-order valence-corrected chi connectivity index (χ3v) is 11.6. The first kappa shape index (κ1) is 54.1. The summed E-state index contributed by atoms with van der Waals surface area (Å²) in [6.45, 7) is 3.41. The van der Waals surface area contributed by atoms with Crippen molar-refractivity contribution >= 4 is 5.97 Å². The molecule has 0 amide bonds. The summed E-state index contributed by atoms with van der Waals surface area (Å²) >= 11 is 0. The van der Waals surface area contributed by atoms with Crippen LogP contribution in [0, 0.1) is 0 Å². The van der Waals surface area contributed by atoms with E-state index in [-0.39, 0.29) is 25.6 Å². The van der Waals surface area contributed by atoms with E-state index in [4.69, 9.17) is 28.4 Å². The maximum absolute atomic E-state index is 13.0. The highest BCUT2D eigenvalue weighted by atomic mass is 16.7. The molecule has 0 aromatic heterocycles. The molecule has 0 saturated carbocycles. The van der Waals surface area contributed by atoms with Gasteiger partial charge in [0.05, 0.1) is 26.4 Å². The van der Waals surface area contributed by atoms with Gasteiger partial charge in [-0.2, -0.15) is 0 Å². The van der Waals surface area contributed by atoms with Crippen molar-refractivity contribution in [1.82, 2.24) is 0 Å². The molecule has 0 spiro atoms. The SMILES string of the molecule is CCCCCCCCCCCCCCCOCC(COC1OC(CO)C(O)C(OC2OC(CO)C(O)C(O)C2O)C1O)OC(=O)CCCCCCCCCCCCCC. The monoisotopic (exact) mass is 851 g/mol. The van der Waals surface area contributed by atoms with Gasteiger partial charge in [-0.1, -0.05) is 162 Å². The van der Waals surface area contributed by atoms with Crippen LogP contribution in [0.15, 0.2) is 0 Å². The van der Waals surface area contributed by atoms with Gasteiger partial charge in [-0.15, -0.1) is 0 Å². The van der Waals surface area contributed by atoms with E-state index in [1.165, 1.54) is 116 Å². The van der Waals surface area contributed by atoms with Gasteiger partial charge in [-0.25, -0.2) is 0 Å². The number of unbranched alkanes of at least 4 members (excludes halogenated alkanes) is 23. The molecule has 14 heteroatoms. The van der Waals surface area contributed by atoms with Gasteiger partial charge in [0.25, 0.3) is 0 Å². The van der Waals surface area contributed by atoms with Crippen molar-refractivity contribution in [3.8, 4) is 0 Å². The smallest absolute Gasteiger partial charge is 0.306 e. The van der Waals surface area contributed by atoms with Gasteiger partial charge in [0, 0.05) is 13.0 Å². The Balaban J connectivity index is 1.85. The number of aliphatic hydroxyl groups is 7. The highest BCUT2D eigenvalue weighted by molar-refractivity contribution is 5.69. The van der Waals surface area contributed by atoms with Crippen LogP contribution in [0.5, 0.6) is 0 Å². The average Bonchev–Trinajstić information content (AvgIpc) is 3.23. The number of aliphatic hydroxyl groups excluding tert-OH is 7. The van der Waals surface area contributed by atoms with Gasteiger partial charge >= 0.3 is 5.97 Å². The molecule has 2 rings (SSSR count).